The van der Waals surface area contributed by atoms with E-state index in [1.807, 2.05) is 43.3 Å². The molecule has 0 N–H and O–H groups in total. The molecule has 0 saturated heterocycles. The zero-order valence-electron chi connectivity index (χ0n) is 18.2. The second-order valence-corrected chi connectivity index (χ2v) is 9.33. The topological polar surface area (TPSA) is 91.0 Å². The molecule has 3 aromatic carbocycles. The number of hydrogen-bond donors (Lipinski definition) is 0. The van der Waals surface area contributed by atoms with Crippen LogP contribution in [0, 0.1) is 24.0 Å². The average molecular weight is 586 g/mol. The van der Waals surface area contributed by atoms with Gasteiger partial charge in [0.15, 0.2) is 5.70 Å². The third-order valence-electron chi connectivity index (χ3n) is 5.23. The van der Waals surface area contributed by atoms with E-state index in [9.17, 15) is 14.9 Å². The van der Waals surface area contributed by atoms with E-state index in [0.29, 0.717) is 38.0 Å². The summed E-state index contributed by atoms with van der Waals surface area (Å²) in [4.78, 5) is 27.4. The van der Waals surface area contributed by atoms with Crippen molar-refractivity contribution in [2.24, 2.45) is 4.99 Å². The first-order valence-corrected chi connectivity index (χ1v) is 11.8. The van der Waals surface area contributed by atoms with Crippen molar-refractivity contribution in [3.8, 4) is 5.75 Å². The molecule has 1 heterocycles. The summed E-state index contributed by atoms with van der Waals surface area (Å²) < 4.78 is 12.7. The molecule has 0 spiro atoms. The van der Waals surface area contributed by atoms with Crippen LogP contribution in [-0.4, -0.2) is 16.8 Å². The lowest BCUT2D eigenvalue weighted by Crippen LogP contribution is -2.06. The predicted molar refractivity (Wildman–Crippen MR) is 136 cm³/mol. The fraction of sp³-hybridized carbons (Fsp3) is 0.120. The molecular weight excluding hydrogens is 568 g/mol. The van der Waals surface area contributed by atoms with Crippen LogP contribution in [0.25, 0.3) is 6.08 Å². The van der Waals surface area contributed by atoms with Gasteiger partial charge in [-0.15, -0.1) is 0 Å². The third-order valence-corrected chi connectivity index (χ3v) is 6.41. The van der Waals surface area contributed by atoms with Gasteiger partial charge in [0.05, 0.1) is 13.9 Å². The van der Waals surface area contributed by atoms with Crippen molar-refractivity contribution >= 4 is 55.5 Å². The van der Waals surface area contributed by atoms with E-state index in [4.69, 9.17) is 9.47 Å². The molecule has 0 bridgehead atoms. The Labute approximate surface area is 212 Å². The van der Waals surface area contributed by atoms with E-state index in [2.05, 4.69) is 36.9 Å². The van der Waals surface area contributed by atoms with Crippen LogP contribution >= 0.6 is 31.9 Å². The van der Waals surface area contributed by atoms with Crippen LogP contribution in [0.1, 0.15) is 27.8 Å². The fourth-order valence-electron chi connectivity index (χ4n) is 3.35. The van der Waals surface area contributed by atoms with Crippen molar-refractivity contribution in [2.45, 2.75) is 20.5 Å². The number of nitrogens with zero attached hydrogens (tertiary/aromatic N) is 2. The second kappa shape index (κ2) is 9.90. The number of aliphatic imine (C=N–C) groups is 1. The van der Waals surface area contributed by atoms with Crippen molar-refractivity contribution in [2.75, 3.05) is 0 Å². The molecule has 4 rings (SSSR count). The number of nitro benzene ring substituents is 1. The number of ether oxygens (including phenoxy) is 2. The minimum atomic E-state index is -0.634. The van der Waals surface area contributed by atoms with Crippen LogP contribution in [-0.2, 0) is 16.1 Å². The number of hydrogen-bond acceptors (Lipinski definition) is 6. The molecule has 7 nitrogen and oxygen atoms in total. The Morgan fingerprint density at radius 2 is 1.76 bits per heavy atom. The van der Waals surface area contributed by atoms with E-state index in [1.165, 1.54) is 6.07 Å². The Balaban J connectivity index is 1.58. The largest absolute Gasteiger partial charge is 0.487 e. The minimum absolute atomic E-state index is 0.0238. The molecule has 1 aliphatic heterocycles. The standard InChI is InChI=1S/C25H18Br2N2O5/c1-14-5-3-4-6-18(14)13-33-23-19(26)9-16(10-20(23)27)11-21-25(30)34-24(28-21)17-8-7-15(2)22(12-17)29(31)32/h3-12H,13H2,1-2H3/b21-11-. The number of esters is 1. The maximum Gasteiger partial charge on any atom is 0.363 e. The van der Waals surface area contributed by atoms with Crippen LogP contribution in [0.4, 0.5) is 5.69 Å². The van der Waals surface area contributed by atoms with E-state index in [1.54, 1.807) is 25.1 Å². The first-order valence-electron chi connectivity index (χ1n) is 10.2. The van der Waals surface area contributed by atoms with Crippen molar-refractivity contribution in [1.29, 1.82) is 0 Å². The van der Waals surface area contributed by atoms with Crippen molar-refractivity contribution in [3.05, 3.63) is 107 Å². The smallest absolute Gasteiger partial charge is 0.363 e. The number of carbonyl (C=O) groups excluding carboxylic acids is 1. The van der Waals surface area contributed by atoms with E-state index < -0.39 is 10.9 Å². The quantitative estimate of drug-likeness (QED) is 0.140. The molecule has 172 valence electrons. The highest BCUT2D eigenvalue weighted by molar-refractivity contribution is 9.11. The first kappa shape index (κ1) is 23.8. The lowest BCUT2D eigenvalue weighted by atomic mass is 10.1. The second-order valence-electron chi connectivity index (χ2n) is 7.62. The number of nitro groups is 1. The van der Waals surface area contributed by atoms with Gasteiger partial charge in [-0.3, -0.25) is 10.1 Å². The highest BCUT2D eigenvalue weighted by atomic mass is 79.9. The number of benzene rings is 3. The summed E-state index contributed by atoms with van der Waals surface area (Å²) in [6.45, 7) is 4.08. The summed E-state index contributed by atoms with van der Waals surface area (Å²) in [7, 11) is 0. The third kappa shape index (κ3) is 5.10. The van der Waals surface area contributed by atoms with Gasteiger partial charge < -0.3 is 9.47 Å². The molecule has 0 unspecified atom stereocenters. The van der Waals surface area contributed by atoms with Crippen LogP contribution < -0.4 is 4.74 Å². The minimum Gasteiger partial charge on any atom is -0.487 e. The molecular formula is C25H18Br2N2O5. The molecule has 1 aliphatic rings. The summed E-state index contributed by atoms with van der Waals surface area (Å²) in [6.07, 6.45) is 1.58. The number of halogens is 2. The lowest BCUT2D eigenvalue weighted by Gasteiger charge is -2.12. The number of cyclic esters (lactones) is 1. The lowest BCUT2D eigenvalue weighted by molar-refractivity contribution is -0.385. The Morgan fingerprint density at radius 1 is 1.06 bits per heavy atom. The number of rotatable bonds is 6. The van der Waals surface area contributed by atoms with Gasteiger partial charge in [-0.25, -0.2) is 9.79 Å². The van der Waals surface area contributed by atoms with Gasteiger partial charge in [-0.05, 0) is 86.7 Å². The zero-order chi connectivity index (χ0) is 24.4. The molecule has 0 aromatic heterocycles. The van der Waals surface area contributed by atoms with Crippen molar-refractivity contribution < 1.29 is 19.2 Å². The van der Waals surface area contributed by atoms with E-state index in [0.717, 1.165) is 11.1 Å². The molecule has 34 heavy (non-hydrogen) atoms. The Bertz CT molecular complexity index is 1360. The number of carbonyl (C=O) groups is 1. The molecule has 9 heteroatoms. The summed E-state index contributed by atoms with van der Waals surface area (Å²) in [6, 6.07) is 16.2. The summed E-state index contributed by atoms with van der Waals surface area (Å²) in [5.41, 5.74) is 3.80. The highest BCUT2D eigenvalue weighted by Gasteiger charge is 2.26. The molecule has 0 aliphatic carbocycles. The summed E-state index contributed by atoms with van der Waals surface area (Å²) >= 11 is 7.06. The molecule has 0 saturated carbocycles. The monoisotopic (exact) mass is 584 g/mol. The van der Waals surface area contributed by atoms with Gasteiger partial charge in [-0.1, -0.05) is 30.3 Å². The molecule has 0 atom stereocenters. The number of aryl methyl sites for hydroxylation is 2. The van der Waals surface area contributed by atoms with Gasteiger partial charge in [-0.2, -0.15) is 0 Å². The van der Waals surface area contributed by atoms with Gasteiger partial charge in [0.25, 0.3) is 5.69 Å². The molecule has 0 amide bonds. The maximum absolute atomic E-state index is 12.4. The normalized spacial score (nSPS) is 14.2. The average Bonchev–Trinajstić information content (AvgIpc) is 3.14. The summed E-state index contributed by atoms with van der Waals surface area (Å²) in [5.74, 6) is 0.0246. The predicted octanol–water partition coefficient (Wildman–Crippen LogP) is 6.66. The SMILES string of the molecule is Cc1ccccc1COc1c(Br)cc(/C=C2\N=C(c3ccc(C)c([N+](=O)[O-])c3)OC2=O)cc1Br. The van der Waals surface area contributed by atoms with E-state index in [-0.39, 0.29) is 17.3 Å². The van der Waals surface area contributed by atoms with Crippen molar-refractivity contribution in [1.82, 2.24) is 0 Å². The summed E-state index contributed by atoms with van der Waals surface area (Å²) in [5, 5.41) is 11.2. The maximum atomic E-state index is 12.4. The van der Waals surface area contributed by atoms with Crippen LogP contribution in [0.5, 0.6) is 5.75 Å². The molecule has 0 radical (unpaired) electrons. The Kier molecular flexibility index (Phi) is 6.95. The molecule has 0 fully saturated rings. The first-order chi connectivity index (χ1) is 16.2. The van der Waals surface area contributed by atoms with Crippen LogP contribution in [0.3, 0.4) is 0 Å². The van der Waals surface area contributed by atoms with Crippen LogP contribution in [0.15, 0.2) is 74.2 Å². The van der Waals surface area contributed by atoms with E-state index >= 15 is 0 Å². The fourth-order valence-corrected chi connectivity index (χ4v) is 4.80. The van der Waals surface area contributed by atoms with Crippen LogP contribution in [0.2, 0.25) is 0 Å². The van der Waals surface area contributed by atoms with Gasteiger partial charge in [0.1, 0.15) is 12.4 Å². The molecule has 3 aromatic rings. The van der Waals surface area contributed by atoms with Gasteiger partial charge >= 0.3 is 5.97 Å². The zero-order valence-corrected chi connectivity index (χ0v) is 21.3. The van der Waals surface area contributed by atoms with Gasteiger partial charge in [0.2, 0.25) is 5.90 Å². The van der Waals surface area contributed by atoms with Crippen molar-refractivity contribution in [3.63, 3.8) is 0 Å². The highest BCUT2D eigenvalue weighted by Crippen LogP contribution is 2.36. The van der Waals surface area contributed by atoms with Gasteiger partial charge in [0, 0.05) is 17.2 Å². The Hall–Kier alpha value is -3.30. The Morgan fingerprint density at radius 3 is 2.44 bits per heavy atom.